The van der Waals surface area contributed by atoms with E-state index in [1.165, 1.54) is 12.1 Å². The Morgan fingerprint density at radius 1 is 0.884 bits per heavy atom. The molecule has 5 atom stereocenters. The number of aliphatic hydroxyl groups is 3. The van der Waals surface area contributed by atoms with Gasteiger partial charge in [-0.2, -0.15) is 0 Å². The molecule has 0 radical (unpaired) electrons. The van der Waals surface area contributed by atoms with Gasteiger partial charge in [-0.1, -0.05) is 0 Å². The number of phenols is 2. The van der Waals surface area contributed by atoms with Gasteiger partial charge >= 0.3 is 23.3 Å². The summed E-state index contributed by atoms with van der Waals surface area (Å²) in [6, 6.07) is 6.84. The Bertz CT molecular complexity index is 1800. The summed E-state index contributed by atoms with van der Waals surface area (Å²) in [7, 11) is 0. The van der Waals surface area contributed by atoms with Crippen LogP contribution in [-0.2, 0) is 19.1 Å². The highest BCUT2D eigenvalue weighted by molar-refractivity contribution is 6.11. The molecule has 16 nitrogen and oxygen atoms in total. The molecule has 2 aromatic carbocycles. The van der Waals surface area contributed by atoms with Gasteiger partial charge in [0.15, 0.2) is 23.0 Å². The highest BCUT2D eigenvalue weighted by atomic mass is 16.7. The van der Waals surface area contributed by atoms with E-state index in [0.29, 0.717) is 0 Å². The SMILES string of the molecule is O=C(O)CC(=O)OC[C@H]1O[C@@H](Oc2c(-c3ccc(O)c(O)c3)oc3cc(=[OH+])cc4oc(C(=O)O)cc2c43)[C@H](O)[C@H](O)[C@@H]1O. The van der Waals surface area contributed by atoms with Crippen LogP contribution >= 0.6 is 0 Å². The Balaban J connectivity index is 1.65. The van der Waals surface area contributed by atoms with Gasteiger partial charge in [0.1, 0.15) is 48.6 Å². The lowest BCUT2D eigenvalue weighted by Gasteiger charge is -2.40. The minimum Gasteiger partial charge on any atom is -0.504 e. The van der Waals surface area contributed by atoms with Crippen LogP contribution in [0.25, 0.3) is 33.3 Å². The molecule has 1 saturated heterocycles. The highest BCUT2D eigenvalue weighted by Crippen LogP contribution is 2.44. The van der Waals surface area contributed by atoms with Gasteiger partial charge in [-0.15, -0.1) is 0 Å². The molecule has 5 rings (SSSR count). The van der Waals surface area contributed by atoms with Crippen molar-refractivity contribution in [3.05, 3.63) is 47.6 Å². The summed E-state index contributed by atoms with van der Waals surface area (Å²) < 4.78 is 27.7. The third-order valence-corrected chi connectivity index (χ3v) is 6.53. The van der Waals surface area contributed by atoms with E-state index in [1.807, 2.05) is 0 Å². The van der Waals surface area contributed by atoms with Gasteiger partial charge in [0.2, 0.25) is 12.1 Å². The zero-order valence-corrected chi connectivity index (χ0v) is 21.6. The van der Waals surface area contributed by atoms with Crippen LogP contribution in [0.3, 0.4) is 0 Å². The van der Waals surface area contributed by atoms with Crippen molar-refractivity contribution in [3.8, 4) is 28.6 Å². The molecule has 16 heteroatoms. The molecular weight excluding hydrogens is 580 g/mol. The maximum Gasteiger partial charge on any atom is 0.371 e. The Hall–Kier alpha value is -5.16. The van der Waals surface area contributed by atoms with E-state index in [9.17, 15) is 49.8 Å². The number of aliphatic hydroxyl groups excluding tert-OH is 3. The fourth-order valence-electron chi connectivity index (χ4n) is 4.51. The van der Waals surface area contributed by atoms with Crippen molar-refractivity contribution in [3.63, 3.8) is 0 Å². The van der Waals surface area contributed by atoms with Crippen molar-refractivity contribution in [1.82, 2.24) is 0 Å². The van der Waals surface area contributed by atoms with Crippen LogP contribution < -0.4 is 10.2 Å². The minimum atomic E-state index is -1.95. The first-order valence-electron chi connectivity index (χ1n) is 12.4. The maximum atomic E-state index is 11.9. The van der Waals surface area contributed by atoms with E-state index in [2.05, 4.69) is 0 Å². The van der Waals surface area contributed by atoms with Crippen molar-refractivity contribution < 1.29 is 78.0 Å². The molecule has 3 heterocycles. The van der Waals surface area contributed by atoms with Crippen LogP contribution in [0.15, 0.2) is 45.2 Å². The average Bonchev–Trinajstić information content (AvgIpc) is 2.94. The average molecular weight is 603 g/mol. The van der Waals surface area contributed by atoms with Crippen molar-refractivity contribution in [1.29, 1.82) is 0 Å². The first kappa shape index (κ1) is 29.3. The fourth-order valence-corrected chi connectivity index (χ4v) is 4.51. The number of ether oxygens (including phenoxy) is 3. The quantitative estimate of drug-likeness (QED) is 0.0612. The molecule has 1 fully saturated rings. The van der Waals surface area contributed by atoms with E-state index in [1.54, 1.807) is 0 Å². The zero-order valence-electron chi connectivity index (χ0n) is 21.6. The third kappa shape index (κ3) is 5.67. The van der Waals surface area contributed by atoms with Crippen molar-refractivity contribution in [2.45, 2.75) is 37.1 Å². The Morgan fingerprint density at radius 3 is 2.23 bits per heavy atom. The second kappa shape index (κ2) is 11.3. The molecule has 4 aromatic rings. The Kier molecular flexibility index (Phi) is 7.68. The number of aromatic carboxylic acids is 1. The number of rotatable bonds is 8. The number of hydrogen-bond donors (Lipinski definition) is 7. The van der Waals surface area contributed by atoms with Crippen LogP contribution in [0.4, 0.5) is 0 Å². The molecule has 0 saturated carbocycles. The number of carbonyl (C=O) groups excluding carboxylic acids is 1. The van der Waals surface area contributed by atoms with Crippen LogP contribution in [0, 0.1) is 0 Å². The zero-order chi connectivity index (χ0) is 31.2. The predicted molar refractivity (Wildman–Crippen MR) is 137 cm³/mol. The van der Waals surface area contributed by atoms with E-state index in [-0.39, 0.29) is 44.4 Å². The van der Waals surface area contributed by atoms with Gasteiger partial charge in [0, 0.05) is 17.0 Å². The Morgan fingerprint density at radius 2 is 1.58 bits per heavy atom. The van der Waals surface area contributed by atoms with E-state index < -0.39 is 78.9 Å². The van der Waals surface area contributed by atoms with Crippen LogP contribution in [-0.4, -0.2) is 95.8 Å². The number of esters is 1. The molecule has 226 valence electrons. The van der Waals surface area contributed by atoms with Gasteiger partial charge in [-0.25, -0.2) is 4.79 Å². The molecule has 1 aliphatic heterocycles. The maximum absolute atomic E-state index is 11.9. The summed E-state index contributed by atoms with van der Waals surface area (Å²) in [5, 5.41) is 70.1. The summed E-state index contributed by atoms with van der Waals surface area (Å²) in [4.78, 5) is 44.6. The lowest BCUT2D eigenvalue weighted by Crippen LogP contribution is -2.60. The smallest absolute Gasteiger partial charge is 0.371 e. The van der Waals surface area contributed by atoms with E-state index >= 15 is 0 Å². The molecule has 0 amide bonds. The second-order valence-electron chi connectivity index (χ2n) is 9.50. The van der Waals surface area contributed by atoms with Crippen LogP contribution in [0.1, 0.15) is 17.0 Å². The predicted octanol–water partition coefficient (Wildman–Crippen LogP) is 0.164. The highest BCUT2D eigenvalue weighted by Gasteiger charge is 2.46. The molecule has 0 unspecified atom stereocenters. The van der Waals surface area contributed by atoms with E-state index in [0.717, 1.165) is 24.3 Å². The van der Waals surface area contributed by atoms with Crippen LogP contribution in [0.2, 0.25) is 0 Å². The second-order valence-corrected chi connectivity index (χ2v) is 9.50. The third-order valence-electron chi connectivity index (χ3n) is 6.53. The lowest BCUT2D eigenvalue weighted by atomic mass is 9.99. The first-order valence-corrected chi connectivity index (χ1v) is 12.4. The standard InChI is InChI=1S/C27H22O16/c28-10-4-14-20-11(6-16(40-14)26(37)38)25(24(41-15(20)5-10)9-1-2-12(29)13(30)3-9)43-27-23(36)22(35)21(34)17(42-27)8-39-19(33)7-18(31)32/h1-6,17,21-23,27,29-30,34-36H,7-8H2,(H,31,32)(H,37,38)/p+1/t17-,21-,22-,23-,27+/m1/s1. The number of carbonyl (C=O) groups is 3. The topological polar surface area (TPSA) is 268 Å². The number of hydrogen-bond acceptors (Lipinski definition) is 13. The molecule has 8 N–H and O–H groups in total. The van der Waals surface area contributed by atoms with Gasteiger partial charge in [-0.05, 0) is 18.2 Å². The number of phenolic OH excluding ortho intramolecular Hbond substituents is 2. The summed E-state index contributed by atoms with van der Waals surface area (Å²) in [5.41, 5.74) is -0.498. The van der Waals surface area contributed by atoms with Crippen molar-refractivity contribution in [2.75, 3.05) is 6.61 Å². The lowest BCUT2D eigenvalue weighted by molar-refractivity contribution is -0.278. The van der Waals surface area contributed by atoms with Gasteiger partial charge in [-0.3, -0.25) is 14.4 Å². The number of benzene rings is 2. The number of aromatic hydroxyl groups is 2. The van der Waals surface area contributed by atoms with Crippen LogP contribution in [0.5, 0.6) is 17.2 Å². The minimum absolute atomic E-state index is 0.0247. The molecular formula is C27H23O16+. The molecule has 0 spiro atoms. The van der Waals surface area contributed by atoms with Gasteiger partial charge < -0.3 is 58.8 Å². The number of carboxylic acid groups (broad SMARTS) is 2. The number of aliphatic carboxylic acids is 1. The van der Waals surface area contributed by atoms with E-state index in [4.69, 9.17) is 28.2 Å². The molecule has 2 aromatic heterocycles. The van der Waals surface area contributed by atoms with Crippen molar-refractivity contribution >= 4 is 39.8 Å². The summed E-state index contributed by atoms with van der Waals surface area (Å²) in [6.45, 7) is -0.745. The van der Waals surface area contributed by atoms with Gasteiger partial charge in [0.05, 0.1) is 17.5 Å². The molecule has 1 aliphatic rings. The Labute approximate surface area is 238 Å². The molecule has 0 aliphatic carbocycles. The normalized spacial score (nSPS) is 22.0. The van der Waals surface area contributed by atoms with Crippen molar-refractivity contribution in [2.24, 2.45) is 0 Å². The molecule has 43 heavy (non-hydrogen) atoms. The first-order chi connectivity index (χ1) is 20.3. The summed E-state index contributed by atoms with van der Waals surface area (Å²) in [6.07, 6.45) is -10.1. The fraction of sp³-hybridized carbons (Fsp3) is 0.259. The largest absolute Gasteiger partial charge is 0.504 e. The number of carboxylic acids is 2. The molecule has 0 bridgehead atoms. The summed E-state index contributed by atoms with van der Waals surface area (Å²) >= 11 is 0. The van der Waals surface area contributed by atoms with Gasteiger partial charge in [0.25, 0.3) is 0 Å². The monoisotopic (exact) mass is 603 g/mol. The summed E-state index contributed by atoms with van der Waals surface area (Å²) in [5.74, 6) is -6.40.